The third-order valence-electron chi connectivity index (χ3n) is 0.887. The number of ether oxygens (including phenoxy) is 1. The van der Waals surface area contributed by atoms with Crippen LogP contribution >= 0.6 is 22.9 Å². The van der Waals surface area contributed by atoms with Crippen molar-refractivity contribution in [3.63, 3.8) is 0 Å². The molecule has 0 saturated heterocycles. The second-order valence-electron chi connectivity index (χ2n) is 1.78. The Hall–Kier alpha value is -0.540. The lowest BCUT2D eigenvalue weighted by Gasteiger charge is -1.90. The summed E-state index contributed by atoms with van der Waals surface area (Å²) in [5.74, 6) is 0. The highest BCUT2D eigenvalue weighted by Crippen LogP contribution is 2.22. The van der Waals surface area contributed by atoms with Crippen molar-refractivity contribution in [1.29, 1.82) is 0 Å². The molecule has 1 aromatic rings. The van der Waals surface area contributed by atoms with Crippen molar-refractivity contribution in [2.45, 2.75) is 6.92 Å². The number of halogens is 1. The van der Waals surface area contributed by atoms with Crippen molar-refractivity contribution < 1.29 is 9.53 Å². The lowest BCUT2D eigenvalue weighted by atomic mass is 10.4. The topological polar surface area (TPSA) is 26.3 Å². The highest BCUT2D eigenvalue weighted by Gasteiger charge is 2.00. The molecule has 0 aliphatic rings. The van der Waals surface area contributed by atoms with Gasteiger partial charge in [-0.05, 0) is 23.9 Å². The molecule has 0 amide bonds. The molecule has 4 heteroatoms. The van der Waals surface area contributed by atoms with Gasteiger partial charge in [0.15, 0.2) is 5.06 Å². The lowest BCUT2D eigenvalue weighted by molar-refractivity contribution is 0.227. The van der Waals surface area contributed by atoms with Crippen molar-refractivity contribution in [2.24, 2.45) is 0 Å². The molecule has 0 aromatic carbocycles. The molecule has 0 saturated carbocycles. The molecule has 0 unspecified atom stereocenters. The van der Waals surface area contributed by atoms with E-state index >= 15 is 0 Å². The Bertz CT molecular complexity index is 244. The van der Waals surface area contributed by atoms with E-state index in [1.807, 2.05) is 12.3 Å². The molecule has 1 heterocycles. The van der Waals surface area contributed by atoms with E-state index in [0.717, 1.165) is 5.56 Å². The van der Waals surface area contributed by atoms with Crippen molar-refractivity contribution in [2.75, 3.05) is 0 Å². The summed E-state index contributed by atoms with van der Waals surface area (Å²) in [6.07, 6.45) is 0. The maximum Gasteiger partial charge on any atom is 0.409 e. The maximum atomic E-state index is 10.2. The van der Waals surface area contributed by atoms with Gasteiger partial charge in [-0.15, -0.1) is 11.3 Å². The Balaban J connectivity index is 2.67. The summed E-state index contributed by atoms with van der Waals surface area (Å²) in [4.78, 5) is 10.2. The number of carbonyl (C=O) groups is 1. The minimum atomic E-state index is -0.790. The first-order valence-corrected chi connectivity index (χ1v) is 3.86. The van der Waals surface area contributed by atoms with Gasteiger partial charge in [0.25, 0.3) is 0 Å². The second-order valence-corrected chi connectivity index (χ2v) is 2.97. The molecule has 0 fully saturated rings. The van der Waals surface area contributed by atoms with Crippen molar-refractivity contribution in [3.8, 4) is 5.06 Å². The Morgan fingerprint density at radius 3 is 2.90 bits per heavy atom. The summed E-state index contributed by atoms with van der Waals surface area (Å²) in [5.41, 5.74) is 0.278. The monoisotopic (exact) mass is 176 g/mol. The van der Waals surface area contributed by atoms with E-state index in [0.29, 0.717) is 5.06 Å². The second kappa shape index (κ2) is 3.03. The van der Waals surface area contributed by atoms with Crippen LogP contribution in [-0.2, 0) is 0 Å². The summed E-state index contributed by atoms with van der Waals surface area (Å²) in [7, 11) is 0. The van der Waals surface area contributed by atoms with Gasteiger partial charge in [0, 0.05) is 11.6 Å². The summed E-state index contributed by atoms with van der Waals surface area (Å²) >= 11 is 6.32. The zero-order chi connectivity index (χ0) is 7.56. The van der Waals surface area contributed by atoms with E-state index < -0.39 is 5.43 Å². The normalized spacial score (nSPS) is 9.40. The van der Waals surface area contributed by atoms with E-state index in [1.54, 1.807) is 6.07 Å². The van der Waals surface area contributed by atoms with Gasteiger partial charge in [-0.1, -0.05) is 0 Å². The zero-order valence-corrected chi connectivity index (χ0v) is 6.83. The SMILES string of the molecule is Cc1csc(OC(=O)Cl)c1. The predicted octanol–water partition coefficient (Wildman–Crippen LogP) is 2.79. The number of rotatable bonds is 1. The third kappa shape index (κ3) is 2.01. The molecule has 0 radical (unpaired) electrons. The van der Waals surface area contributed by atoms with Crippen LogP contribution in [-0.4, -0.2) is 5.43 Å². The molecule has 0 atom stereocenters. The van der Waals surface area contributed by atoms with Crippen LogP contribution < -0.4 is 4.74 Å². The van der Waals surface area contributed by atoms with E-state index in [2.05, 4.69) is 4.74 Å². The van der Waals surface area contributed by atoms with Gasteiger partial charge in [-0.2, -0.15) is 0 Å². The van der Waals surface area contributed by atoms with Gasteiger partial charge in [0.1, 0.15) is 0 Å². The largest absolute Gasteiger partial charge is 0.409 e. The van der Waals surface area contributed by atoms with Crippen LogP contribution in [0, 0.1) is 6.92 Å². The Morgan fingerprint density at radius 2 is 2.50 bits per heavy atom. The van der Waals surface area contributed by atoms with Gasteiger partial charge in [-0.3, -0.25) is 0 Å². The van der Waals surface area contributed by atoms with Crippen molar-refractivity contribution >= 4 is 28.4 Å². The first-order valence-electron chi connectivity index (χ1n) is 2.61. The molecule has 0 aliphatic carbocycles. The van der Waals surface area contributed by atoms with Crippen molar-refractivity contribution in [3.05, 3.63) is 17.0 Å². The highest BCUT2D eigenvalue weighted by atomic mass is 35.5. The molecule has 0 aliphatic heterocycles. The van der Waals surface area contributed by atoms with Gasteiger partial charge >= 0.3 is 5.43 Å². The molecule has 1 aromatic heterocycles. The van der Waals surface area contributed by atoms with Crippen LogP contribution in [0.2, 0.25) is 0 Å². The van der Waals surface area contributed by atoms with Crippen LogP contribution in [0.5, 0.6) is 5.06 Å². The van der Waals surface area contributed by atoms with Gasteiger partial charge in [-0.25, -0.2) is 4.79 Å². The van der Waals surface area contributed by atoms with Crippen LogP contribution in [0.4, 0.5) is 4.79 Å². The Morgan fingerprint density at radius 1 is 1.80 bits per heavy atom. The zero-order valence-electron chi connectivity index (χ0n) is 5.26. The molecule has 2 nitrogen and oxygen atoms in total. The molecular weight excluding hydrogens is 172 g/mol. The number of hydrogen-bond donors (Lipinski definition) is 0. The van der Waals surface area contributed by atoms with Crippen molar-refractivity contribution in [1.82, 2.24) is 0 Å². The molecule has 54 valence electrons. The van der Waals surface area contributed by atoms with E-state index in [1.165, 1.54) is 11.3 Å². The molecule has 0 bridgehead atoms. The summed E-state index contributed by atoms with van der Waals surface area (Å²) in [5, 5.41) is 2.42. The fourth-order valence-corrected chi connectivity index (χ4v) is 1.41. The molecular formula is C6H5ClO2S. The fourth-order valence-electron chi connectivity index (χ4n) is 0.538. The van der Waals surface area contributed by atoms with Gasteiger partial charge in [0.05, 0.1) is 0 Å². The Kier molecular flexibility index (Phi) is 2.29. The minimum Gasteiger partial charge on any atom is -0.403 e. The number of aryl methyl sites for hydroxylation is 1. The summed E-state index contributed by atoms with van der Waals surface area (Å²) < 4.78 is 4.58. The Labute approximate surface area is 67.4 Å². The lowest BCUT2D eigenvalue weighted by Crippen LogP contribution is -1.92. The predicted molar refractivity (Wildman–Crippen MR) is 40.9 cm³/mol. The highest BCUT2D eigenvalue weighted by molar-refractivity contribution is 7.12. The van der Waals surface area contributed by atoms with Gasteiger partial charge < -0.3 is 4.74 Å². The van der Waals surface area contributed by atoms with Crippen LogP contribution in [0.3, 0.4) is 0 Å². The fraction of sp³-hybridized carbons (Fsp3) is 0.167. The standard InChI is InChI=1S/C6H5ClO2S/c1-4-2-5(10-3-4)9-6(7)8/h2-3H,1H3. The maximum absolute atomic E-state index is 10.2. The number of carbonyl (C=O) groups excluding carboxylic acids is 1. The van der Waals surface area contributed by atoms with Crippen LogP contribution in [0.15, 0.2) is 11.4 Å². The van der Waals surface area contributed by atoms with E-state index in [9.17, 15) is 4.79 Å². The number of thiophene rings is 1. The van der Waals surface area contributed by atoms with E-state index in [-0.39, 0.29) is 0 Å². The van der Waals surface area contributed by atoms with Crippen LogP contribution in [0.25, 0.3) is 0 Å². The average molecular weight is 177 g/mol. The quantitative estimate of drug-likeness (QED) is 0.615. The first-order chi connectivity index (χ1) is 4.68. The molecule has 10 heavy (non-hydrogen) atoms. The molecule has 0 N–H and O–H groups in total. The first kappa shape index (κ1) is 7.57. The third-order valence-corrected chi connectivity index (χ3v) is 1.89. The van der Waals surface area contributed by atoms with Gasteiger partial charge in [0.2, 0.25) is 0 Å². The molecule has 0 spiro atoms. The summed E-state index contributed by atoms with van der Waals surface area (Å²) in [6, 6.07) is 1.75. The number of hydrogen-bond acceptors (Lipinski definition) is 3. The smallest absolute Gasteiger partial charge is 0.403 e. The average Bonchev–Trinajstić information content (AvgIpc) is 2.13. The summed E-state index contributed by atoms with van der Waals surface area (Å²) in [6.45, 7) is 1.92. The molecule has 1 rings (SSSR count). The van der Waals surface area contributed by atoms with Crippen LogP contribution in [0.1, 0.15) is 5.56 Å². The minimum absolute atomic E-state index is 0.539. The van der Waals surface area contributed by atoms with E-state index in [4.69, 9.17) is 11.6 Å².